The number of hydrogen-bond donors (Lipinski definition) is 3. The van der Waals surface area contributed by atoms with E-state index in [1.807, 2.05) is 16.8 Å². The normalized spacial score (nSPS) is 11.8. The maximum atomic E-state index is 11.4. The van der Waals surface area contributed by atoms with Gasteiger partial charge in [-0.2, -0.15) is 11.3 Å². The van der Waals surface area contributed by atoms with Gasteiger partial charge in [0.05, 0.1) is 5.92 Å². The maximum Gasteiger partial charge on any atom is 0.314 e. The Morgan fingerprint density at radius 1 is 1.39 bits per heavy atom. The van der Waals surface area contributed by atoms with Crippen LogP contribution in [0.4, 0.5) is 4.79 Å². The van der Waals surface area contributed by atoms with Gasteiger partial charge in [0, 0.05) is 13.1 Å². The largest absolute Gasteiger partial charge is 0.481 e. The van der Waals surface area contributed by atoms with Gasteiger partial charge in [-0.05, 0) is 35.2 Å². The number of rotatable bonds is 7. The summed E-state index contributed by atoms with van der Waals surface area (Å²) in [7, 11) is 0. The average molecular weight is 270 g/mol. The number of aliphatic carboxylic acids is 1. The van der Waals surface area contributed by atoms with E-state index in [9.17, 15) is 9.59 Å². The fraction of sp³-hybridized carbons (Fsp3) is 0.500. The minimum atomic E-state index is -0.838. The molecule has 1 rings (SSSR count). The zero-order valence-corrected chi connectivity index (χ0v) is 11.1. The molecule has 0 saturated carbocycles. The summed E-state index contributed by atoms with van der Waals surface area (Å²) in [5.74, 6) is -1.27. The lowest BCUT2D eigenvalue weighted by Crippen LogP contribution is -2.37. The summed E-state index contributed by atoms with van der Waals surface area (Å²) in [4.78, 5) is 21.9. The highest BCUT2D eigenvalue weighted by Gasteiger charge is 2.10. The molecule has 0 radical (unpaired) electrons. The third-order valence-corrected chi connectivity index (χ3v) is 3.30. The average Bonchev–Trinajstić information content (AvgIpc) is 2.81. The summed E-state index contributed by atoms with van der Waals surface area (Å²) in [5.41, 5.74) is 1.21. The van der Waals surface area contributed by atoms with Crippen LogP contribution >= 0.6 is 11.3 Å². The first-order valence-corrected chi connectivity index (χ1v) is 6.79. The Labute approximate surface area is 110 Å². The van der Waals surface area contributed by atoms with Gasteiger partial charge in [0.2, 0.25) is 0 Å². The molecule has 6 heteroatoms. The van der Waals surface area contributed by atoms with Gasteiger partial charge in [-0.15, -0.1) is 0 Å². The van der Waals surface area contributed by atoms with Crippen molar-refractivity contribution in [1.82, 2.24) is 10.6 Å². The van der Waals surface area contributed by atoms with Crippen molar-refractivity contribution in [2.24, 2.45) is 5.92 Å². The molecule has 0 aromatic carbocycles. The van der Waals surface area contributed by atoms with Crippen LogP contribution in [0, 0.1) is 5.92 Å². The standard InChI is InChI=1S/C12H18N2O3S/c1-9(11(15)16)2-5-13-12(17)14-6-3-10-4-7-18-8-10/h4,7-9H,2-3,5-6H2,1H3,(H,15,16)(H2,13,14,17). The van der Waals surface area contributed by atoms with E-state index in [1.165, 1.54) is 5.56 Å². The number of carbonyl (C=O) groups is 2. The predicted molar refractivity (Wildman–Crippen MR) is 70.8 cm³/mol. The molecular weight excluding hydrogens is 252 g/mol. The maximum absolute atomic E-state index is 11.4. The smallest absolute Gasteiger partial charge is 0.314 e. The fourth-order valence-electron chi connectivity index (χ4n) is 1.34. The van der Waals surface area contributed by atoms with Gasteiger partial charge >= 0.3 is 12.0 Å². The van der Waals surface area contributed by atoms with E-state index in [0.29, 0.717) is 19.5 Å². The second kappa shape index (κ2) is 7.71. The highest BCUT2D eigenvalue weighted by atomic mass is 32.1. The highest BCUT2D eigenvalue weighted by molar-refractivity contribution is 7.07. The molecule has 18 heavy (non-hydrogen) atoms. The molecule has 0 saturated heterocycles. The molecule has 1 atom stereocenters. The van der Waals surface area contributed by atoms with Crippen molar-refractivity contribution < 1.29 is 14.7 Å². The Hall–Kier alpha value is -1.56. The Balaban J connectivity index is 2.05. The summed E-state index contributed by atoms with van der Waals surface area (Å²) in [5, 5.41) is 18.1. The van der Waals surface area contributed by atoms with Crippen molar-refractivity contribution in [1.29, 1.82) is 0 Å². The molecule has 0 spiro atoms. The number of hydrogen-bond acceptors (Lipinski definition) is 3. The lowest BCUT2D eigenvalue weighted by molar-refractivity contribution is -0.141. The Morgan fingerprint density at radius 3 is 2.72 bits per heavy atom. The topological polar surface area (TPSA) is 78.4 Å². The molecule has 1 heterocycles. The van der Waals surface area contributed by atoms with E-state index in [-0.39, 0.29) is 6.03 Å². The van der Waals surface area contributed by atoms with Crippen LogP contribution in [0.1, 0.15) is 18.9 Å². The van der Waals surface area contributed by atoms with E-state index in [4.69, 9.17) is 5.11 Å². The van der Waals surface area contributed by atoms with Gasteiger partial charge in [-0.1, -0.05) is 6.92 Å². The molecule has 5 nitrogen and oxygen atoms in total. The van der Waals surface area contributed by atoms with E-state index in [1.54, 1.807) is 18.3 Å². The van der Waals surface area contributed by atoms with Crippen LogP contribution in [0.3, 0.4) is 0 Å². The molecular formula is C12H18N2O3S. The summed E-state index contributed by atoms with van der Waals surface area (Å²) in [6, 6.07) is 1.78. The second-order valence-corrected chi connectivity index (χ2v) is 4.87. The summed E-state index contributed by atoms with van der Waals surface area (Å²) in [6.45, 7) is 2.58. The van der Waals surface area contributed by atoms with Crippen molar-refractivity contribution in [3.8, 4) is 0 Å². The van der Waals surface area contributed by atoms with Crippen LogP contribution in [0.5, 0.6) is 0 Å². The lowest BCUT2D eigenvalue weighted by Gasteiger charge is -2.09. The molecule has 0 fully saturated rings. The summed E-state index contributed by atoms with van der Waals surface area (Å²) < 4.78 is 0. The number of amides is 2. The first-order chi connectivity index (χ1) is 8.59. The second-order valence-electron chi connectivity index (χ2n) is 4.09. The zero-order valence-electron chi connectivity index (χ0n) is 10.3. The Morgan fingerprint density at radius 2 is 2.11 bits per heavy atom. The minimum Gasteiger partial charge on any atom is -0.481 e. The first kappa shape index (κ1) is 14.5. The van der Waals surface area contributed by atoms with Crippen molar-refractivity contribution in [2.75, 3.05) is 13.1 Å². The van der Waals surface area contributed by atoms with Crippen molar-refractivity contribution in [3.05, 3.63) is 22.4 Å². The molecule has 0 aliphatic carbocycles. The molecule has 100 valence electrons. The first-order valence-electron chi connectivity index (χ1n) is 5.85. The van der Waals surface area contributed by atoms with Gasteiger partial charge in [0.25, 0.3) is 0 Å². The molecule has 1 unspecified atom stereocenters. The van der Waals surface area contributed by atoms with E-state index < -0.39 is 11.9 Å². The predicted octanol–water partition coefficient (Wildman–Crippen LogP) is 1.70. The third-order valence-electron chi connectivity index (χ3n) is 2.56. The molecule has 0 aliphatic rings. The molecule has 0 aliphatic heterocycles. The van der Waals surface area contributed by atoms with E-state index in [2.05, 4.69) is 10.6 Å². The number of thiophene rings is 1. The molecule has 2 amide bonds. The fourth-order valence-corrected chi connectivity index (χ4v) is 2.05. The molecule has 1 aromatic heterocycles. The SMILES string of the molecule is CC(CCNC(=O)NCCc1ccsc1)C(=O)O. The third kappa shape index (κ3) is 5.67. The van der Waals surface area contributed by atoms with Crippen LogP contribution in [0.2, 0.25) is 0 Å². The lowest BCUT2D eigenvalue weighted by atomic mass is 10.1. The molecule has 1 aromatic rings. The van der Waals surface area contributed by atoms with Crippen LogP contribution < -0.4 is 10.6 Å². The Bertz CT molecular complexity index is 379. The number of carbonyl (C=O) groups excluding carboxylic acids is 1. The molecule has 3 N–H and O–H groups in total. The van der Waals surface area contributed by atoms with Crippen LogP contribution in [0.15, 0.2) is 16.8 Å². The van der Waals surface area contributed by atoms with E-state index >= 15 is 0 Å². The van der Waals surface area contributed by atoms with Gasteiger partial charge in [0.1, 0.15) is 0 Å². The van der Waals surface area contributed by atoms with Gasteiger partial charge in [0.15, 0.2) is 0 Å². The van der Waals surface area contributed by atoms with Crippen molar-refractivity contribution >= 4 is 23.3 Å². The van der Waals surface area contributed by atoms with Gasteiger partial charge < -0.3 is 15.7 Å². The number of carboxylic acids is 1. The van der Waals surface area contributed by atoms with Gasteiger partial charge in [-0.3, -0.25) is 4.79 Å². The van der Waals surface area contributed by atoms with Crippen LogP contribution in [0.25, 0.3) is 0 Å². The quantitative estimate of drug-likeness (QED) is 0.705. The minimum absolute atomic E-state index is 0.247. The van der Waals surface area contributed by atoms with Crippen molar-refractivity contribution in [3.63, 3.8) is 0 Å². The monoisotopic (exact) mass is 270 g/mol. The summed E-state index contributed by atoms with van der Waals surface area (Å²) in [6.07, 6.45) is 1.25. The van der Waals surface area contributed by atoms with E-state index in [0.717, 1.165) is 6.42 Å². The van der Waals surface area contributed by atoms with Crippen molar-refractivity contribution in [2.45, 2.75) is 19.8 Å². The van der Waals surface area contributed by atoms with Crippen LogP contribution in [-0.4, -0.2) is 30.2 Å². The van der Waals surface area contributed by atoms with Gasteiger partial charge in [-0.25, -0.2) is 4.79 Å². The summed E-state index contributed by atoms with van der Waals surface area (Å²) >= 11 is 1.63. The zero-order chi connectivity index (χ0) is 13.4. The number of carboxylic acid groups (broad SMARTS) is 1. The number of nitrogens with one attached hydrogen (secondary N) is 2. The Kier molecular flexibility index (Phi) is 6.21. The van der Waals surface area contributed by atoms with Crippen LogP contribution in [-0.2, 0) is 11.2 Å². The number of urea groups is 1. The highest BCUT2D eigenvalue weighted by Crippen LogP contribution is 2.05. The molecule has 0 bridgehead atoms.